The van der Waals surface area contributed by atoms with Gasteiger partial charge in [-0.3, -0.25) is 19.8 Å². The van der Waals surface area contributed by atoms with Crippen LogP contribution >= 0.6 is 24.0 Å². The molecule has 11 heteroatoms. The molecule has 2 atom stereocenters. The molecule has 0 radical (unpaired) electrons. The first kappa shape index (κ1) is 25.5. The molecular weight excluding hydrogens is 535 g/mol. The summed E-state index contributed by atoms with van der Waals surface area (Å²) in [5.41, 5.74) is 0. The molecule has 1 amide bonds. The minimum atomic E-state index is 0. The molecule has 0 aliphatic carbocycles. The average molecular weight is 570 g/mol. The molecule has 0 aromatic carbocycles. The van der Waals surface area contributed by atoms with E-state index in [9.17, 15) is 4.79 Å². The van der Waals surface area contributed by atoms with Gasteiger partial charge in [0.25, 0.3) is 0 Å². The monoisotopic (exact) mass is 570 g/mol. The van der Waals surface area contributed by atoms with E-state index in [2.05, 4.69) is 54.0 Å². The van der Waals surface area contributed by atoms with E-state index in [0.717, 1.165) is 45.2 Å². The molecule has 2 aliphatic heterocycles. The van der Waals surface area contributed by atoms with Crippen LogP contribution in [0, 0.1) is 11.8 Å². The Hall–Kier alpha value is -2.15. The Kier molecular flexibility index (Phi) is 9.12. The summed E-state index contributed by atoms with van der Waals surface area (Å²) in [5, 5.41) is 10.5. The number of guanidine groups is 1. The number of hydrogen-bond acceptors (Lipinski definition) is 6. The number of likely N-dealkylation sites (tertiary alicyclic amines) is 1. The van der Waals surface area contributed by atoms with Gasteiger partial charge in [0.2, 0.25) is 11.7 Å². The summed E-state index contributed by atoms with van der Waals surface area (Å²) < 4.78 is 5.33. The lowest BCUT2D eigenvalue weighted by molar-refractivity contribution is -0.135. The number of carbonyl (C=O) groups excluding carboxylic acids is 1. The van der Waals surface area contributed by atoms with E-state index < -0.39 is 0 Å². The van der Waals surface area contributed by atoms with Gasteiger partial charge in [-0.05, 0) is 30.4 Å². The fourth-order valence-electron chi connectivity index (χ4n) is 4.66. The second-order valence-electron chi connectivity index (χ2n) is 8.99. The van der Waals surface area contributed by atoms with Gasteiger partial charge in [0.1, 0.15) is 5.82 Å². The number of furan rings is 1. The number of nitrogens with one attached hydrogen (secondary N) is 2. The van der Waals surface area contributed by atoms with Crippen LogP contribution in [0.1, 0.15) is 26.1 Å². The van der Waals surface area contributed by atoms with Gasteiger partial charge in [0.15, 0.2) is 11.7 Å². The van der Waals surface area contributed by atoms with Gasteiger partial charge in [-0.1, -0.05) is 13.8 Å². The van der Waals surface area contributed by atoms with Crippen molar-refractivity contribution in [1.82, 2.24) is 35.2 Å². The van der Waals surface area contributed by atoms with Crippen molar-refractivity contribution in [1.29, 1.82) is 0 Å². The minimum Gasteiger partial charge on any atom is -0.461 e. The van der Waals surface area contributed by atoms with Gasteiger partial charge < -0.3 is 19.5 Å². The van der Waals surface area contributed by atoms with E-state index >= 15 is 0 Å². The number of piperidine rings is 1. The standard InChI is InChI=1S/C22H34N8O2.HI/c1-16-11-17(2)14-30(13-16)20(31)15-28-6-8-29(9-7-28)22(23-3)24-12-19-25-21(27-26-19)18-5-4-10-32-18;/h4-5,10,16-17H,6-9,11-15H2,1-3H3,(H,23,24)(H,25,26,27);1H. The third-order valence-electron chi connectivity index (χ3n) is 6.15. The van der Waals surface area contributed by atoms with E-state index in [1.54, 1.807) is 13.3 Å². The smallest absolute Gasteiger partial charge is 0.236 e. The zero-order valence-corrected chi connectivity index (χ0v) is 22.0. The van der Waals surface area contributed by atoms with Crippen molar-refractivity contribution in [3.8, 4) is 11.6 Å². The van der Waals surface area contributed by atoms with Crippen LogP contribution in [0.2, 0.25) is 0 Å². The molecule has 2 N–H and O–H groups in total. The number of amides is 1. The van der Waals surface area contributed by atoms with Gasteiger partial charge >= 0.3 is 0 Å². The minimum absolute atomic E-state index is 0. The zero-order chi connectivity index (χ0) is 22.5. The largest absolute Gasteiger partial charge is 0.461 e. The average Bonchev–Trinajstić information content (AvgIpc) is 3.46. The lowest BCUT2D eigenvalue weighted by Gasteiger charge is -2.39. The van der Waals surface area contributed by atoms with Gasteiger partial charge in [0.05, 0.1) is 19.4 Å². The molecule has 4 rings (SSSR count). The van der Waals surface area contributed by atoms with E-state index in [0.29, 0.717) is 42.3 Å². The Balaban J connectivity index is 0.00000306. The molecule has 2 aliphatic rings. The molecule has 33 heavy (non-hydrogen) atoms. The highest BCUT2D eigenvalue weighted by Gasteiger charge is 2.28. The molecular formula is C22H35IN8O2. The predicted molar refractivity (Wildman–Crippen MR) is 137 cm³/mol. The van der Waals surface area contributed by atoms with Crippen molar-refractivity contribution in [3.05, 3.63) is 24.2 Å². The molecule has 4 heterocycles. The third kappa shape index (κ3) is 6.69. The maximum atomic E-state index is 12.8. The SMILES string of the molecule is CN=C(NCc1nc(-c2ccco2)n[nH]1)N1CCN(CC(=O)N2CC(C)CC(C)C2)CC1.I. The molecule has 2 unspecified atom stereocenters. The van der Waals surface area contributed by atoms with E-state index in [4.69, 9.17) is 4.42 Å². The molecule has 2 saturated heterocycles. The highest BCUT2D eigenvalue weighted by molar-refractivity contribution is 14.0. The van der Waals surface area contributed by atoms with Crippen molar-refractivity contribution in [3.63, 3.8) is 0 Å². The number of hydrogen-bond donors (Lipinski definition) is 2. The van der Waals surface area contributed by atoms with Crippen LogP contribution in [0.3, 0.4) is 0 Å². The van der Waals surface area contributed by atoms with Crippen LogP contribution < -0.4 is 5.32 Å². The Morgan fingerprint density at radius 3 is 2.58 bits per heavy atom. The number of H-pyrrole nitrogens is 1. The Morgan fingerprint density at radius 1 is 1.21 bits per heavy atom. The molecule has 2 fully saturated rings. The number of aromatic amines is 1. The maximum Gasteiger partial charge on any atom is 0.236 e. The first-order valence-corrected chi connectivity index (χ1v) is 11.4. The summed E-state index contributed by atoms with van der Waals surface area (Å²) >= 11 is 0. The Labute approximate surface area is 212 Å². The number of rotatable bonds is 5. The summed E-state index contributed by atoms with van der Waals surface area (Å²) in [6, 6.07) is 3.64. The van der Waals surface area contributed by atoms with Crippen molar-refractivity contribution in [2.24, 2.45) is 16.8 Å². The number of halogens is 1. The first-order chi connectivity index (χ1) is 15.5. The number of nitrogens with zero attached hydrogens (tertiary/aromatic N) is 6. The van der Waals surface area contributed by atoms with Crippen LogP contribution in [0.5, 0.6) is 0 Å². The summed E-state index contributed by atoms with van der Waals surface area (Å²) in [6.07, 6.45) is 2.82. The van der Waals surface area contributed by atoms with Crippen LogP contribution in [0.15, 0.2) is 27.8 Å². The number of piperazine rings is 1. The van der Waals surface area contributed by atoms with E-state index in [1.807, 2.05) is 12.1 Å². The van der Waals surface area contributed by atoms with Crippen molar-refractivity contribution in [2.75, 3.05) is 52.9 Å². The lowest BCUT2D eigenvalue weighted by Crippen LogP contribution is -2.55. The normalized spacial score (nSPS) is 22.2. The quantitative estimate of drug-likeness (QED) is 0.321. The fraction of sp³-hybridized carbons (Fsp3) is 0.636. The van der Waals surface area contributed by atoms with Gasteiger partial charge in [0, 0.05) is 46.3 Å². The van der Waals surface area contributed by atoms with Crippen LogP contribution in [-0.2, 0) is 11.3 Å². The predicted octanol–water partition coefficient (Wildman–Crippen LogP) is 1.88. The van der Waals surface area contributed by atoms with Crippen molar-refractivity contribution in [2.45, 2.75) is 26.8 Å². The summed E-state index contributed by atoms with van der Waals surface area (Å²) in [5.74, 6) is 4.16. The molecule has 10 nitrogen and oxygen atoms in total. The van der Waals surface area contributed by atoms with E-state index in [1.165, 1.54) is 6.42 Å². The first-order valence-electron chi connectivity index (χ1n) is 11.4. The summed E-state index contributed by atoms with van der Waals surface area (Å²) in [7, 11) is 1.78. The molecule has 0 spiro atoms. The topological polar surface area (TPSA) is 106 Å². The second-order valence-corrected chi connectivity index (χ2v) is 8.99. The van der Waals surface area contributed by atoms with Crippen LogP contribution in [0.25, 0.3) is 11.6 Å². The fourth-order valence-corrected chi connectivity index (χ4v) is 4.66. The zero-order valence-electron chi connectivity index (χ0n) is 19.7. The maximum absolute atomic E-state index is 12.8. The number of aromatic nitrogens is 3. The van der Waals surface area contributed by atoms with Gasteiger partial charge in [-0.15, -0.1) is 29.1 Å². The lowest BCUT2D eigenvalue weighted by atomic mass is 9.92. The van der Waals surface area contributed by atoms with Gasteiger partial charge in [-0.2, -0.15) is 0 Å². The molecule has 2 aromatic rings. The Morgan fingerprint density at radius 2 is 1.94 bits per heavy atom. The molecule has 0 bridgehead atoms. The summed E-state index contributed by atoms with van der Waals surface area (Å²) in [6.45, 7) is 10.6. The number of aliphatic imine (C=N–C) groups is 1. The summed E-state index contributed by atoms with van der Waals surface area (Å²) in [4.78, 5) is 28.2. The molecule has 182 valence electrons. The van der Waals surface area contributed by atoms with Crippen LogP contribution in [0.4, 0.5) is 0 Å². The molecule has 0 saturated carbocycles. The highest BCUT2D eigenvalue weighted by atomic mass is 127. The third-order valence-corrected chi connectivity index (χ3v) is 6.15. The Bertz CT molecular complexity index is 897. The van der Waals surface area contributed by atoms with Crippen molar-refractivity contribution < 1.29 is 9.21 Å². The molecule has 2 aromatic heterocycles. The number of carbonyl (C=O) groups is 1. The second kappa shape index (κ2) is 11.8. The van der Waals surface area contributed by atoms with E-state index in [-0.39, 0.29) is 29.9 Å². The van der Waals surface area contributed by atoms with Gasteiger partial charge in [-0.25, -0.2) is 4.98 Å². The highest BCUT2D eigenvalue weighted by Crippen LogP contribution is 2.21. The van der Waals surface area contributed by atoms with Crippen molar-refractivity contribution >= 4 is 35.8 Å². The van der Waals surface area contributed by atoms with Crippen LogP contribution in [-0.4, -0.2) is 94.6 Å².